The van der Waals surface area contributed by atoms with E-state index in [-0.39, 0.29) is 6.04 Å². The number of hydrogen-bond acceptors (Lipinski definition) is 4. The lowest BCUT2D eigenvalue weighted by atomic mass is 10.0. The van der Waals surface area contributed by atoms with Crippen molar-refractivity contribution in [1.29, 1.82) is 0 Å². The molecule has 2 aromatic heterocycles. The van der Waals surface area contributed by atoms with Crippen LogP contribution in [0.25, 0.3) is 10.9 Å². The molecule has 4 heteroatoms. The van der Waals surface area contributed by atoms with E-state index in [1.807, 2.05) is 24.7 Å². The molecule has 20 heavy (non-hydrogen) atoms. The van der Waals surface area contributed by atoms with Gasteiger partial charge in [0.1, 0.15) is 5.75 Å². The molecule has 0 radical (unpaired) electrons. The second-order valence-corrected chi connectivity index (χ2v) is 5.51. The van der Waals surface area contributed by atoms with Crippen LogP contribution in [0.2, 0.25) is 0 Å². The van der Waals surface area contributed by atoms with Crippen LogP contribution in [0, 0.1) is 0 Å². The summed E-state index contributed by atoms with van der Waals surface area (Å²) in [5, 5.41) is 6.56. The molecule has 0 fully saturated rings. The Labute approximate surface area is 122 Å². The summed E-state index contributed by atoms with van der Waals surface area (Å²) in [5.41, 5.74) is 2.26. The van der Waals surface area contributed by atoms with Crippen molar-refractivity contribution < 1.29 is 4.74 Å². The topological polar surface area (TPSA) is 34.2 Å². The van der Waals surface area contributed by atoms with Gasteiger partial charge in [0.15, 0.2) is 0 Å². The van der Waals surface area contributed by atoms with Gasteiger partial charge in [-0.1, -0.05) is 12.1 Å². The Morgan fingerprint density at radius 1 is 1.25 bits per heavy atom. The molecule has 2 heterocycles. The van der Waals surface area contributed by atoms with Crippen LogP contribution in [0.4, 0.5) is 0 Å². The Morgan fingerprint density at radius 3 is 2.90 bits per heavy atom. The Kier molecular flexibility index (Phi) is 3.67. The van der Waals surface area contributed by atoms with Crippen LogP contribution >= 0.6 is 11.3 Å². The average Bonchev–Trinajstić information content (AvgIpc) is 2.97. The van der Waals surface area contributed by atoms with E-state index in [4.69, 9.17) is 4.74 Å². The lowest BCUT2D eigenvalue weighted by Gasteiger charge is -2.15. The van der Waals surface area contributed by atoms with E-state index in [2.05, 4.69) is 40.6 Å². The van der Waals surface area contributed by atoms with Gasteiger partial charge >= 0.3 is 0 Å². The number of aromatic nitrogens is 1. The summed E-state index contributed by atoms with van der Waals surface area (Å²) in [6, 6.07) is 12.7. The van der Waals surface area contributed by atoms with Crippen LogP contribution in [0.1, 0.15) is 16.5 Å². The van der Waals surface area contributed by atoms with Gasteiger partial charge in [-0.3, -0.25) is 4.98 Å². The Balaban J connectivity index is 2.02. The highest BCUT2D eigenvalue weighted by molar-refractivity contribution is 7.10. The molecular weight excluding hydrogens is 268 g/mol. The van der Waals surface area contributed by atoms with Crippen molar-refractivity contribution in [2.24, 2.45) is 0 Å². The zero-order valence-corrected chi connectivity index (χ0v) is 12.3. The van der Waals surface area contributed by atoms with Gasteiger partial charge in [0.2, 0.25) is 0 Å². The van der Waals surface area contributed by atoms with Crippen LogP contribution in [0.3, 0.4) is 0 Å². The standard InChI is InChI=1S/C16H16N2OS/c1-17-16(15-9-13(19-2)10-20-15)12-5-6-14-11(8-12)4-3-7-18-14/h3-10,16-17H,1-2H3. The Morgan fingerprint density at radius 2 is 2.15 bits per heavy atom. The monoisotopic (exact) mass is 284 g/mol. The lowest BCUT2D eigenvalue weighted by molar-refractivity contribution is 0.416. The highest BCUT2D eigenvalue weighted by Crippen LogP contribution is 2.31. The van der Waals surface area contributed by atoms with Gasteiger partial charge in [0.25, 0.3) is 0 Å². The van der Waals surface area contributed by atoms with Crippen molar-refractivity contribution in [3.8, 4) is 5.75 Å². The van der Waals surface area contributed by atoms with E-state index in [0.29, 0.717) is 0 Å². The second kappa shape index (κ2) is 5.61. The molecular formula is C16H16N2OS. The molecule has 1 aromatic carbocycles. The predicted octanol–water partition coefficient (Wildman–Crippen LogP) is 3.61. The van der Waals surface area contributed by atoms with E-state index in [1.165, 1.54) is 10.4 Å². The minimum absolute atomic E-state index is 0.175. The molecule has 1 N–H and O–H groups in total. The molecule has 102 valence electrons. The molecule has 0 bridgehead atoms. The fourth-order valence-electron chi connectivity index (χ4n) is 2.34. The fourth-order valence-corrected chi connectivity index (χ4v) is 3.33. The summed E-state index contributed by atoms with van der Waals surface area (Å²) in [6.07, 6.45) is 1.82. The van der Waals surface area contributed by atoms with Gasteiger partial charge in [-0.05, 0) is 36.9 Å². The minimum atomic E-state index is 0.175. The average molecular weight is 284 g/mol. The molecule has 1 atom stereocenters. The molecule has 0 aliphatic carbocycles. The third-order valence-electron chi connectivity index (χ3n) is 3.36. The summed E-state index contributed by atoms with van der Waals surface area (Å²) in [6.45, 7) is 0. The SMILES string of the molecule is CNC(c1ccc2ncccc2c1)c1cc(OC)cs1. The van der Waals surface area contributed by atoms with Gasteiger partial charge in [0.05, 0.1) is 18.7 Å². The summed E-state index contributed by atoms with van der Waals surface area (Å²) in [4.78, 5) is 5.60. The smallest absolute Gasteiger partial charge is 0.129 e. The molecule has 0 aliphatic heterocycles. The van der Waals surface area contributed by atoms with E-state index < -0.39 is 0 Å². The Hall–Kier alpha value is -1.91. The third-order valence-corrected chi connectivity index (χ3v) is 4.34. The molecule has 0 saturated carbocycles. The maximum absolute atomic E-state index is 5.27. The maximum atomic E-state index is 5.27. The number of thiophene rings is 1. The molecule has 0 aliphatic rings. The van der Waals surface area contributed by atoms with Crippen molar-refractivity contribution in [3.63, 3.8) is 0 Å². The molecule has 3 nitrogen and oxygen atoms in total. The number of fused-ring (bicyclic) bond motifs is 1. The maximum Gasteiger partial charge on any atom is 0.129 e. The van der Waals surface area contributed by atoms with E-state index in [9.17, 15) is 0 Å². The number of ether oxygens (including phenoxy) is 1. The molecule has 0 amide bonds. The van der Waals surface area contributed by atoms with Crippen LogP contribution in [-0.2, 0) is 0 Å². The van der Waals surface area contributed by atoms with E-state index in [0.717, 1.165) is 16.7 Å². The predicted molar refractivity (Wildman–Crippen MR) is 83.5 cm³/mol. The number of rotatable bonds is 4. The second-order valence-electron chi connectivity index (χ2n) is 4.57. The van der Waals surface area contributed by atoms with Gasteiger partial charge in [-0.15, -0.1) is 11.3 Å². The van der Waals surface area contributed by atoms with Crippen molar-refractivity contribution in [2.45, 2.75) is 6.04 Å². The fraction of sp³-hybridized carbons (Fsp3) is 0.188. The number of nitrogens with one attached hydrogen (secondary N) is 1. The number of pyridine rings is 1. The van der Waals surface area contributed by atoms with Crippen molar-refractivity contribution >= 4 is 22.2 Å². The van der Waals surface area contributed by atoms with E-state index in [1.54, 1.807) is 18.4 Å². The summed E-state index contributed by atoms with van der Waals surface area (Å²) in [5.74, 6) is 0.910. The first-order valence-corrected chi connectivity index (χ1v) is 7.34. The normalized spacial score (nSPS) is 12.5. The largest absolute Gasteiger partial charge is 0.496 e. The van der Waals surface area contributed by atoms with Gasteiger partial charge < -0.3 is 10.1 Å². The molecule has 0 saturated heterocycles. The lowest BCUT2D eigenvalue weighted by Crippen LogP contribution is -2.16. The van der Waals surface area contributed by atoms with Gasteiger partial charge in [-0.2, -0.15) is 0 Å². The zero-order valence-electron chi connectivity index (χ0n) is 11.5. The van der Waals surface area contributed by atoms with Crippen LogP contribution in [0.15, 0.2) is 48.0 Å². The van der Waals surface area contributed by atoms with Crippen LogP contribution < -0.4 is 10.1 Å². The highest BCUT2D eigenvalue weighted by Gasteiger charge is 2.15. The number of nitrogens with zero attached hydrogens (tertiary/aromatic N) is 1. The Bertz CT molecular complexity index is 723. The number of benzene rings is 1. The minimum Gasteiger partial charge on any atom is -0.496 e. The van der Waals surface area contributed by atoms with Crippen LogP contribution in [0.5, 0.6) is 5.75 Å². The molecule has 1 unspecified atom stereocenters. The quantitative estimate of drug-likeness (QED) is 0.794. The first kappa shape index (κ1) is 13.1. The van der Waals surface area contributed by atoms with Crippen molar-refractivity contribution in [3.05, 3.63) is 58.4 Å². The number of hydrogen-bond donors (Lipinski definition) is 1. The van der Waals surface area contributed by atoms with Crippen LogP contribution in [-0.4, -0.2) is 19.1 Å². The zero-order chi connectivity index (χ0) is 13.9. The molecule has 3 rings (SSSR count). The number of methoxy groups -OCH3 is 1. The molecule has 3 aromatic rings. The third kappa shape index (κ3) is 2.40. The first-order valence-electron chi connectivity index (χ1n) is 6.46. The first-order chi connectivity index (χ1) is 9.81. The molecule has 0 spiro atoms. The summed E-state index contributed by atoms with van der Waals surface area (Å²) >= 11 is 1.70. The van der Waals surface area contributed by atoms with Crippen molar-refractivity contribution in [1.82, 2.24) is 10.3 Å². The summed E-state index contributed by atoms with van der Waals surface area (Å²) in [7, 11) is 3.67. The summed E-state index contributed by atoms with van der Waals surface area (Å²) < 4.78 is 5.27. The van der Waals surface area contributed by atoms with Gasteiger partial charge in [-0.25, -0.2) is 0 Å². The van der Waals surface area contributed by atoms with E-state index >= 15 is 0 Å². The van der Waals surface area contributed by atoms with Crippen molar-refractivity contribution in [2.75, 3.05) is 14.2 Å². The van der Waals surface area contributed by atoms with Gasteiger partial charge in [0, 0.05) is 21.8 Å². The highest BCUT2D eigenvalue weighted by atomic mass is 32.1.